The van der Waals surface area contributed by atoms with Crippen molar-refractivity contribution in [3.63, 3.8) is 0 Å². The first kappa shape index (κ1) is 21.5. The summed E-state index contributed by atoms with van der Waals surface area (Å²) in [5.41, 5.74) is 3.03. The Labute approximate surface area is 185 Å². The van der Waals surface area contributed by atoms with Crippen molar-refractivity contribution in [2.75, 3.05) is 18.0 Å². The van der Waals surface area contributed by atoms with Gasteiger partial charge in [-0.2, -0.15) is 10.5 Å². The van der Waals surface area contributed by atoms with Crippen molar-refractivity contribution in [3.05, 3.63) is 69.4 Å². The SMILES string of the molecule is C[C@H]1CN(c2cc(=O)n(C)c3ccc(C#N)nc23)[C@@H](C)CN1Cc1ccc(C#N)cc1F. The van der Waals surface area contributed by atoms with Gasteiger partial charge in [0.15, 0.2) is 0 Å². The summed E-state index contributed by atoms with van der Waals surface area (Å²) in [6.45, 7) is 5.85. The summed E-state index contributed by atoms with van der Waals surface area (Å²) in [5, 5.41) is 18.3. The number of fused-ring (bicyclic) bond motifs is 1. The molecular formula is C24H23FN6O. The molecule has 0 aliphatic carbocycles. The second kappa shape index (κ2) is 8.41. The Morgan fingerprint density at radius 1 is 1.09 bits per heavy atom. The minimum atomic E-state index is -0.378. The number of nitrogens with zero attached hydrogens (tertiary/aromatic N) is 6. The van der Waals surface area contributed by atoms with Crippen LogP contribution in [0.4, 0.5) is 10.1 Å². The zero-order valence-electron chi connectivity index (χ0n) is 18.2. The van der Waals surface area contributed by atoms with Gasteiger partial charge < -0.3 is 9.47 Å². The van der Waals surface area contributed by atoms with Crippen LogP contribution in [0.15, 0.2) is 41.2 Å². The van der Waals surface area contributed by atoms with Crippen LogP contribution < -0.4 is 10.5 Å². The van der Waals surface area contributed by atoms with E-state index >= 15 is 0 Å². The highest BCUT2D eigenvalue weighted by Gasteiger charge is 2.31. The van der Waals surface area contributed by atoms with Gasteiger partial charge in [0.25, 0.3) is 5.56 Å². The largest absolute Gasteiger partial charge is 0.364 e. The maximum atomic E-state index is 14.4. The Kier molecular flexibility index (Phi) is 5.65. The molecule has 0 unspecified atom stereocenters. The van der Waals surface area contributed by atoms with E-state index in [1.54, 1.807) is 37.4 Å². The Morgan fingerprint density at radius 3 is 2.56 bits per heavy atom. The van der Waals surface area contributed by atoms with E-state index in [4.69, 9.17) is 5.26 Å². The molecule has 3 heterocycles. The minimum Gasteiger partial charge on any atom is -0.364 e. The highest BCUT2D eigenvalue weighted by Crippen LogP contribution is 2.29. The Morgan fingerprint density at radius 2 is 1.88 bits per heavy atom. The first-order chi connectivity index (χ1) is 15.3. The van der Waals surface area contributed by atoms with Crippen LogP contribution in [0.25, 0.3) is 11.0 Å². The van der Waals surface area contributed by atoms with Crippen LogP contribution in [0.5, 0.6) is 0 Å². The monoisotopic (exact) mass is 430 g/mol. The molecule has 2 atom stereocenters. The van der Waals surface area contributed by atoms with Crippen molar-refractivity contribution in [2.45, 2.75) is 32.5 Å². The summed E-state index contributed by atoms with van der Waals surface area (Å²) >= 11 is 0. The summed E-state index contributed by atoms with van der Waals surface area (Å²) < 4.78 is 16.0. The van der Waals surface area contributed by atoms with Crippen LogP contribution in [0.3, 0.4) is 0 Å². The van der Waals surface area contributed by atoms with E-state index in [9.17, 15) is 14.4 Å². The summed E-state index contributed by atoms with van der Waals surface area (Å²) in [6, 6.07) is 13.7. The van der Waals surface area contributed by atoms with Gasteiger partial charge >= 0.3 is 0 Å². The zero-order valence-corrected chi connectivity index (χ0v) is 18.2. The Balaban J connectivity index is 1.65. The van der Waals surface area contributed by atoms with Gasteiger partial charge in [0.05, 0.1) is 22.8 Å². The van der Waals surface area contributed by atoms with E-state index in [0.717, 1.165) is 0 Å². The van der Waals surface area contributed by atoms with Gasteiger partial charge in [0.2, 0.25) is 0 Å². The van der Waals surface area contributed by atoms with Gasteiger partial charge in [-0.05, 0) is 38.1 Å². The molecule has 1 aromatic carbocycles. The van der Waals surface area contributed by atoms with Gasteiger partial charge in [-0.15, -0.1) is 0 Å². The zero-order chi connectivity index (χ0) is 23.0. The van der Waals surface area contributed by atoms with Crippen molar-refractivity contribution in [1.29, 1.82) is 10.5 Å². The van der Waals surface area contributed by atoms with Crippen LogP contribution in [0, 0.1) is 28.5 Å². The molecule has 0 radical (unpaired) electrons. The molecule has 3 aromatic rings. The van der Waals surface area contributed by atoms with Crippen molar-refractivity contribution >= 4 is 16.7 Å². The first-order valence-electron chi connectivity index (χ1n) is 10.4. The third kappa shape index (κ3) is 3.81. The third-order valence-corrected chi connectivity index (χ3v) is 6.16. The Bertz CT molecular complexity index is 1340. The molecule has 0 saturated carbocycles. The topological polar surface area (TPSA) is 88.9 Å². The van der Waals surface area contributed by atoms with Crippen molar-refractivity contribution in [1.82, 2.24) is 14.5 Å². The average Bonchev–Trinajstić information content (AvgIpc) is 2.79. The van der Waals surface area contributed by atoms with Crippen LogP contribution in [-0.4, -0.2) is 39.6 Å². The van der Waals surface area contributed by atoms with E-state index in [1.165, 1.54) is 10.6 Å². The summed E-state index contributed by atoms with van der Waals surface area (Å²) in [5.74, 6) is -0.378. The van der Waals surface area contributed by atoms with Gasteiger partial charge in [0, 0.05) is 50.4 Å². The highest BCUT2D eigenvalue weighted by molar-refractivity contribution is 5.89. The number of benzene rings is 1. The number of piperazine rings is 1. The maximum Gasteiger partial charge on any atom is 0.252 e. The fraction of sp³-hybridized carbons (Fsp3) is 0.333. The summed E-state index contributed by atoms with van der Waals surface area (Å²) in [7, 11) is 1.69. The number of aromatic nitrogens is 2. The lowest BCUT2D eigenvalue weighted by atomic mass is 10.0. The fourth-order valence-electron chi connectivity index (χ4n) is 4.31. The number of halogens is 1. The molecule has 0 N–H and O–H groups in total. The molecule has 2 aromatic heterocycles. The molecule has 1 fully saturated rings. The lowest BCUT2D eigenvalue weighted by Crippen LogP contribution is -2.56. The van der Waals surface area contributed by atoms with Crippen LogP contribution in [0.1, 0.15) is 30.7 Å². The van der Waals surface area contributed by atoms with Crippen LogP contribution >= 0.6 is 0 Å². The van der Waals surface area contributed by atoms with Crippen molar-refractivity contribution in [2.24, 2.45) is 7.05 Å². The Hall–Kier alpha value is -3.75. The summed E-state index contributed by atoms with van der Waals surface area (Å²) in [6.07, 6.45) is 0. The van der Waals surface area contributed by atoms with E-state index in [2.05, 4.69) is 34.7 Å². The van der Waals surface area contributed by atoms with Crippen LogP contribution in [0.2, 0.25) is 0 Å². The third-order valence-electron chi connectivity index (χ3n) is 6.16. The van der Waals surface area contributed by atoms with Crippen LogP contribution in [-0.2, 0) is 13.6 Å². The molecular weight excluding hydrogens is 407 g/mol. The van der Waals surface area contributed by atoms with E-state index < -0.39 is 0 Å². The van der Waals surface area contributed by atoms with E-state index in [0.29, 0.717) is 53.2 Å². The average molecular weight is 430 g/mol. The van der Waals surface area contributed by atoms with E-state index in [1.807, 2.05) is 6.07 Å². The quantitative estimate of drug-likeness (QED) is 0.635. The highest BCUT2D eigenvalue weighted by atomic mass is 19.1. The molecule has 1 aliphatic rings. The number of anilines is 1. The lowest BCUT2D eigenvalue weighted by molar-refractivity contribution is 0.156. The molecule has 0 bridgehead atoms. The summed E-state index contributed by atoms with van der Waals surface area (Å²) in [4.78, 5) is 21.4. The first-order valence-corrected chi connectivity index (χ1v) is 10.4. The van der Waals surface area contributed by atoms with Gasteiger partial charge in [0.1, 0.15) is 23.1 Å². The molecule has 1 saturated heterocycles. The number of hydrogen-bond donors (Lipinski definition) is 0. The molecule has 7 nitrogen and oxygen atoms in total. The number of hydrogen-bond acceptors (Lipinski definition) is 6. The van der Waals surface area contributed by atoms with Gasteiger partial charge in [-0.3, -0.25) is 9.69 Å². The number of nitriles is 2. The number of aryl methyl sites for hydroxylation is 1. The normalized spacial score (nSPS) is 19.0. The van der Waals surface area contributed by atoms with Gasteiger partial charge in [-0.1, -0.05) is 6.07 Å². The maximum absolute atomic E-state index is 14.4. The number of pyridine rings is 2. The smallest absolute Gasteiger partial charge is 0.252 e. The van der Waals surface area contributed by atoms with E-state index in [-0.39, 0.29) is 23.5 Å². The standard InChI is InChI=1S/C24H23FN6O/c1-15-13-31(16(2)12-30(15)14-18-5-4-17(10-26)8-20(18)25)22-9-23(32)29(3)21-7-6-19(11-27)28-24(21)22/h4-9,15-16H,12-14H2,1-3H3/t15-,16-/m0/s1. The van der Waals surface area contributed by atoms with Gasteiger partial charge in [-0.25, -0.2) is 9.37 Å². The molecule has 4 rings (SSSR count). The molecule has 1 aliphatic heterocycles. The molecule has 0 spiro atoms. The minimum absolute atomic E-state index is 0.0375. The van der Waals surface area contributed by atoms with Crippen molar-refractivity contribution < 1.29 is 4.39 Å². The fourth-order valence-corrected chi connectivity index (χ4v) is 4.31. The molecule has 0 amide bonds. The van der Waals surface area contributed by atoms with Crippen molar-refractivity contribution in [3.8, 4) is 12.1 Å². The molecule has 8 heteroatoms. The second-order valence-electron chi connectivity index (χ2n) is 8.30. The second-order valence-corrected chi connectivity index (χ2v) is 8.30. The number of rotatable bonds is 3. The molecule has 32 heavy (non-hydrogen) atoms. The predicted molar refractivity (Wildman–Crippen MR) is 119 cm³/mol. The lowest BCUT2D eigenvalue weighted by Gasteiger charge is -2.45. The molecule has 162 valence electrons. The predicted octanol–water partition coefficient (Wildman–Crippen LogP) is 2.92.